The van der Waals surface area contributed by atoms with Crippen molar-refractivity contribution in [2.45, 2.75) is 56.5 Å². The fourth-order valence-corrected chi connectivity index (χ4v) is 3.71. The van der Waals surface area contributed by atoms with Crippen LogP contribution in [0.4, 0.5) is 8.78 Å². The average Bonchev–Trinajstić information content (AvgIpc) is 2.40. The lowest BCUT2D eigenvalue weighted by Gasteiger charge is -2.54. The van der Waals surface area contributed by atoms with Crippen LogP contribution in [0.3, 0.4) is 0 Å². The van der Waals surface area contributed by atoms with Crippen LogP contribution in [0.25, 0.3) is 0 Å². The molecule has 1 aliphatic heterocycles. The molecule has 2 aliphatic rings. The second-order valence-corrected chi connectivity index (χ2v) is 6.07. The molecule has 2 N–H and O–H groups in total. The van der Waals surface area contributed by atoms with E-state index in [1.807, 2.05) is 0 Å². The second-order valence-electron chi connectivity index (χ2n) is 6.07. The number of hydrogen-bond acceptors (Lipinski definition) is 3. The van der Waals surface area contributed by atoms with Crippen LogP contribution in [0.2, 0.25) is 0 Å². The minimum absolute atomic E-state index is 0.0843. The Morgan fingerprint density at radius 1 is 1.11 bits per heavy atom. The highest BCUT2D eigenvalue weighted by Gasteiger charge is 2.56. The maximum Gasteiger partial charge on any atom is 0.248 e. The van der Waals surface area contributed by atoms with Gasteiger partial charge in [-0.2, -0.15) is 0 Å². The highest BCUT2D eigenvalue weighted by molar-refractivity contribution is 5.05. The van der Waals surface area contributed by atoms with Crippen LogP contribution in [-0.2, 0) is 9.47 Å². The number of halogens is 2. The van der Waals surface area contributed by atoms with Gasteiger partial charge in [0.05, 0.1) is 12.2 Å². The number of ether oxygens (including phenoxy) is 2. The van der Waals surface area contributed by atoms with Crippen molar-refractivity contribution in [3.05, 3.63) is 0 Å². The molecule has 2 rings (SSSR count). The quantitative estimate of drug-likeness (QED) is 0.859. The topological polar surface area (TPSA) is 44.5 Å². The Hall–Kier alpha value is -0.260. The zero-order chi connectivity index (χ0) is 14.0. The minimum Gasteiger partial charge on any atom is -0.382 e. The third-order valence-electron chi connectivity index (χ3n) is 5.03. The zero-order valence-electron chi connectivity index (χ0n) is 11.7. The van der Waals surface area contributed by atoms with Crippen LogP contribution in [0, 0.1) is 5.41 Å². The SMILES string of the molecule is COCC1(C2(CN)CCC(F)(F)CC2)CCCCO1. The molecule has 1 atom stereocenters. The van der Waals surface area contributed by atoms with Crippen LogP contribution < -0.4 is 5.73 Å². The molecule has 0 amide bonds. The summed E-state index contributed by atoms with van der Waals surface area (Å²) in [5.74, 6) is -2.54. The van der Waals surface area contributed by atoms with E-state index in [1.165, 1.54) is 0 Å². The first kappa shape index (κ1) is 15.1. The van der Waals surface area contributed by atoms with E-state index in [0.29, 0.717) is 32.6 Å². The molecule has 19 heavy (non-hydrogen) atoms. The molecule has 1 saturated heterocycles. The smallest absolute Gasteiger partial charge is 0.248 e. The molecule has 0 radical (unpaired) electrons. The van der Waals surface area contributed by atoms with Gasteiger partial charge in [0.1, 0.15) is 0 Å². The number of methoxy groups -OCH3 is 1. The maximum absolute atomic E-state index is 13.4. The van der Waals surface area contributed by atoms with E-state index in [2.05, 4.69) is 0 Å². The lowest BCUT2D eigenvalue weighted by Crippen LogP contribution is -2.60. The summed E-state index contributed by atoms with van der Waals surface area (Å²) in [6.45, 7) is 1.53. The van der Waals surface area contributed by atoms with Crippen molar-refractivity contribution in [2.24, 2.45) is 11.1 Å². The Morgan fingerprint density at radius 2 is 1.79 bits per heavy atom. The normalized spacial score (nSPS) is 34.1. The van der Waals surface area contributed by atoms with E-state index in [1.54, 1.807) is 7.11 Å². The van der Waals surface area contributed by atoms with Crippen LogP contribution in [0.15, 0.2) is 0 Å². The first-order valence-corrected chi connectivity index (χ1v) is 7.20. The molecule has 3 nitrogen and oxygen atoms in total. The van der Waals surface area contributed by atoms with Gasteiger partial charge in [0.25, 0.3) is 0 Å². The van der Waals surface area contributed by atoms with Crippen molar-refractivity contribution in [3.63, 3.8) is 0 Å². The number of rotatable bonds is 4. The molecule has 0 aromatic heterocycles. The summed E-state index contributed by atoms with van der Waals surface area (Å²) in [5.41, 5.74) is 5.17. The van der Waals surface area contributed by atoms with Gasteiger partial charge in [0.15, 0.2) is 0 Å². The summed E-state index contributed by atoms with van der Waals surface area (Å²) in [6, 6.07) is 0. The molecule has 0 aromatic rings. The number of alkyl halides is 2. The summed E-state index contributed by atoms with van der Waals surface area (Å²) < 4.78 is 38.3. The average molecular weight is 277 g/mol. The highest BCUT2D eigenvalue weighted by atomic mass is 19.3. The molecular formula is C14H25F2NO2. The molecule has 1 heterocycles. The van der Waals surface area contributed by atoms with Gasteiger partial charge >= 0.3 is 0 Å². The number of nitrogens with two attached hydrogens (primary N) is 1. The zero-order valence-corrected chi connectivity index (χ0v) is 11.7. The summed E-state index contributed by atoms with van der Waals surface area (Å²) >= 11 is 0. The fraction of sp³-hybridized carbons (Fsp3) is 1.00. The van der Waals surface area contributed by atoms with Gasteiger partial charge in [-0.05, 0) is 32.1 Å². The molecule has 112 valence electrons. The van der Waals surface area contributed by atoms with Gasteiger partial charge in [-0.1, -0.05) is 0 Å². The Bertz CT molecular complexity index is 288. The lowest BCUT2D eigenvalue weighted by atomic mass is 9.60. The fourth-order valence-electron chi connectivity index (χ4n) is 3.71. The van der Waals surface area contributed by atoms with Crippen molar-refractivity contribution in [2.75, 3.05) is 26.9 Å². The van der Waals surface area contributed by atoms with E-state index in [0.717, 1.165) is 19.3 Å². The third-order valence-corrected chi connectivity index (χ3v) is 5.03. The summed E-state index contributed by atoms with van der Waals surface area (Å²) in [6.07, 6.45) is 3.64. The Labute approximate surface area is 113 Å². The van der Waals surface area contributed by atoms with Crippen LogP contribution >= 0.6 is 0 Å². The molecule has 1 aliphatic carbocycles. The second kappa shape index (κ2) is 5.62. The van der Waals surface area contributed by atoms with Crippen molar-refractivity contribution in [1.29, 1.82) is 0 Å². The Morgan fingerprint density at radius 3 is 2.26 bits per heavy atom. The summed E-state index contributed by atoms with van der Waals surface area (Å²) in [7, 11) is 1.64. The van der Waals surface area contributed by atoms with Crippen LogP contribution in [0.1, 0.15) is 44.9 Å². The molecule has 2 fully saturated rings. The van der Waals surface area contributed by atoms with E-state index in [4.69, 9.17) is 15.2 Å². The van der Waals surface area contributed by atoms with Crippen molar-refractivity contribution in [3.8, 4) is 0 Å². The van der Waals surface area contributed by atoms with Crippen molar-refractivity contribution < 1.29 is 18.3 Å². The third kappa shape index (κ3) is 2.78. The van der Waals surface area contributed by atoms with Crippen molar-refractivity contribution >= 4 is 0 Å². The van der Waals surface area contributed by atoms with Gasteiger partial charge in [-0.15, -0.1) is 0 Å². The molecule has 0 spiro atoms. The van der Waals surface area contributed by atoms with Crippen LogP contribution in [-0.4, -0.2) is 38.4 Å². The largest absolute Gasteiger partial charge is 0.382 e. The van der Waals surface area contributed by atoms with Crippen LogP contribution in [0.5, 0.6) is 0 Å². The molecule has 0 aromatic carbocycles. The summed E-state index contributed by atoms with van der Waals surface area (Å²) in [5, 5.41) is 0. The van der Waals surface area contributed by atoms with Gasteiger partial charge in [-0.3, -0.25) is 0 Å². The monoisotopic (exact) mass is 277 g/mol. The standard InChI is InChI=1S/C14H25F2NO2/c1-18-11-13(4-2-3-9-19-13)12(10-17)5-7-14(15,16)8-6-12/h2-11,17H2,1H3. The Balaban J connectivity index is 2.22. The Kier molecular flexibility index (Phi) is 4.48. The predicted molar refractivity (Wildman–Crippen MR) is 69.3 cm³/mol. The molecule has 0 bridgehead atoms. The molecule has 1 saturated carbocycles. The van der Waals surface area contributed by atoms with Gasteiger partial charge in [-0.25, -0.2) is 8.78 Å². The minimum atomic E-state index is -2.54. The van der Waals surface area contributed by atoms with Crippen molar-refractivity contribution in [1.82, 2.24) is 0 Å². The predicted octanol–water partition coefficient (Wildman–Crippen LogP) is 2.73. The maximum atomic E-state index is 13.4. The van der Waals surface area contributed by atoms with E-state index >= 15 is 0 Å². The lowest BCUT2D eigenvalue weighted by molar-refractivity contribution is -0.210. The number of hydrogen-bond donors (Lipinski definition) is 1. The molecule has 1 unspecified atom stereocenters. The van der Waals surface area contributed by atoms with E-state index in [-0.39, 0.29) is 18.3 Å². The highest BCUT2D eigenvalue weighted by Crippen LogP contribution is 2.53. The van der Waals surface area contributed by atoms with E-state index < -0.39 is 11.5 Å². The first-order chi connectivity index (χ1) is 8.99. The van der Waals surface area contributed by atoms with Gasteiger partial charge in [0, 0.05) is 38.5 Å². The van der Waals surface area contributed by atoms with Gasteiger partial charge in [0.2, 0.25) is 5.92 Å². The summed E-state index contributed by atoms with van der Waals surface area (Å²) in [4.78, 5) is 0. The van der Waals surface area contributed by atoms with E-state index in [9.17, 15) is 8.78 Å². The molecular weight excluding hydrogens is 252 g/mol. The first-order valence-electron chi connectivity index (χ1n) is 7.20. The molecule has 5 heteroatoms. The van der Waals surface area contributed by atoms with Gasteiger partial charge < -0.3 is 15.2 Å².